The second-order valence-corrected chi connectivity index (χ2v) is 13.1. The minimum atomic E-state index is -3.24. The first-order chi connectivity index (χ1) is 18.5. The second-order valence-electron chi connectivity index (χ2n) is 11.1. The Bertz CT molecular complexity index is 1500. The Morgan fingerprint density at radius 3 is 2.79 bits per heavy atom. The molecule has 2 aromatic heterocycles. The summed E-state index contributed by atoms with van der Waals surface area (Å²) >= 11 is 0. The molecule has 12 heteroatoms. The van der Waals surface area contributed by atoms with E-state index in [1.807, 2.05) is 4.68 Å². The van der Waals surface area contributed by atoms with Gasteiger partial charge in [0.1, 0.15) is 11.0 Å². The van der Waals surface area contributed by atoms with Gasteiger partial charge in [-0.1, -0.05) is 12.8 Å². The van der Waals surface area contributed by atoms with Crippen LogP contribution in [0.4, 0.5) is 11.5 Å². The highest BCUT2D eigenvalue weighted by Crippen LogP contribution is 2.59. The predicted molar refractivity (Wildman–Crippen MR) is 149 cm³/mol. The van der Waals surface area contributed by atoms with Crippen molar-refractivity contribution in [1.82, 2.24) is 19.1 Å². The Kier molecular flexibility index (Phi) is 7.19. The van der Waals surface area contributed by atoms with Crippen molar-refractivity contribution in [2.24, 2.45) is 5.92 Å². The molecule has 1 saturated carbocycles. The summed E-state index contributed by atoms with van der Waals surface area (Å²) in [6.45, 7) is 5.75. The average Bonchev–Trinajstić information content (AvgIpc) is 3.36. The number of nitrogens with zero attached hydrogens (tertiary/aromatic N) is 4. The molecule has 0 spiro atoms. The number of nitrogens with one attached hydrogen (secondary N) is 2. The van der Waals surface area contributed by atoms with E-state index in [-0.39, 0.29) is 37.0 Å². The Balaban J connectivity index is 1.40. The topological polar surface area (TPSA) is 156 Å². The van der Waals surface area contributed by atoms with Crippen LogP contribution in [0, 0.1) is 17.2 Å². The predicted octanol–water partition coefficient (Wildman–Crippen LogP) is 5.29. The summed E-state index contributed by atoms with van der Waals surface area (Å²) in [6, 6.07) is 9.27. The molecule has 0 radical (unpaired) electrons. The highest BCUT2D eigenvalue weighted by atomic mass is 32.3. The number of pyridine rings is 1. The van der Waals surface area contributed by atoms with E-state index in [1.54, 1.807) is 51.2 Å². The fourth-order valence-corrected chi connectivity index (χ4v) is 7.08. The summed E-state index contributed by atoms with van der Waals surface area (Å²) in [7, 11) is -3.24. The van der Waals surface area contributed by atoms with Gasteiger partial charge < -0.3 is 15.0 Å². The number of nitriles is 1. The van der Waals surface area contributed by atoms with Crippen molar-refractivity contribution in [3.05, 3.63) is 46.4 Å². The molecular weight excluding hydrogens is 520 g/mol. The number of fused-ring (bicyclic) bond motifs is 2. The van der Waals surface area contributed by atoms with Gasteiger partial charge in [0.2, 0.25) is 0 Å². The van der Waals surface area contributed by atoms with Crippen LogP contribution in [0.3, 0.4) is 0 Å². The molecule has 1 fully saturated rings. The molecule has 0 bridgehead atoms. The lowest BCUT2D eigenvalue weighted by atomic mass is 9.85. The number of aromatic amines is 1. The van der Waals surface area contributed by atoms with Crippen LogP contribution in [-0.2, 0) is 16.1 Å². The van der Waals surface area contributed by atoms with Gasteiger partial charge in [-0.25, -0.2) is 0 Å². The van der Waals surface area contributed by atoms with Crippen LogP contribution >= 0.6 is 10.8 Å². The number of hydrogen-bond acceptors (Lipinski definition) is 9. The maximum atomic E-state index is 12.8. The standard InChI is InChI=1S/C27H34N6O5S/c1-27(2,3)38-23(34)11-13-32-16-18-14-19(8-9-22(18)39(32,36)37)30-25-24-21(10-12-29-26(24)35)33(31-25)20-7-5-4-6-17(20)15-28/h8-10,12,14,17,20,36-37H,4-7,11,13,16H2,1-3H3,(H,29,35)(H,30,31)/t17-,20+/m1/s1. The van der Waals surface area contributed by atoms with Crippen molar-refractivity contribution < 1.29 is 18.6 Å². The molecule has 0 unspecified atom stereocenters. The summed E-state index contributed by atoms with van der Waals surface area (Å²) < 4.78 is 30.5. The number of carbonyl (C=O) groups is 1. The first-order valence-electron chi connectivity index (χ1n) is 13.1. The van der Waals surface area contributed by atoms with Gasteiger partial charge in [-0.3, -0.25) is 23.4 Å². The van der Waals surface area contributed by atoms with Gasteiger partial charge >= 0.3 is 5.97 Å². The molecule has 39 heavy (non-hydrogen) atoms. The first-order valence-corrected chi connectivity index (χ1v) is 14.6. The quantitative estimate of drug-likeness (QED) is 0.297. The Morgan fingerprint density at radius 1 is 1.28 bits per heavy atom. The molecule has 3 heterocycles. The smallest absolute Gasteiger partial charge is 0.307 e. The van der Waals surface area contributed by atoms with Gasteiger partial charge in [-0.15, -0.1) is 10.8 Å². The van der Waals surface area contributed by atoms with Gasteiger partial charge in [-0.2, -0.15) is 14.7 Å². The monoisotopic (exact) mass is 554 g/mol. The number of benzene rings is 1. The normalized spacial score (nSPS) is 21.7. The summed E-state index contributed by atoms with van der Waals surface area (Å²) in [5.74, 6) is -0.202. The van der Waals surface area contributed by atoms with Crippen LogP contribution in [0.15, 0.2) is 40.2 Å². The Labute approximate surface area is 228 Å². The van der Waals surface area contributed by atoms with Crippen molar-refractivity contribution in [3.63, 3.8) is 0 Å². The van der Waals surface area contributed by atoms with E-state index >= 15 is 0 Å². The Hall–Kier alpha value is -3.37. The molecule has 0 saturated heterocycles. The molecule has 1 aliphatic heterocycles. The molecule has 4 N–H and O–H groups in total. The van der Waals surface area contributed by atoms with Crippen LogP contribution in [0.25, 0.3) is 10.9 Å². The number of anilines is 2. The lowest BCUT2D eigenvalue weighted by Crippen LogP contribution is -2.28. The fourth-order valence-electron chi connectivity index (χ4n) is 5.41. The molecule has 2 atom stereocenters. The zero-order chi connectivity index (χ0) is 27.9. The van der Waals surface area contributed by atoms with Crippen LogP contribution in [0.5, 0.6) is 0 Å². The number of aromatic nitrogens is 3. The lowest BCUT2D eigenvalue weighted by Gasteiger charge is -2.37. The van der Waals surface area contributed by atoms with Gasteiger partial charge in [0, 0.05) is 25.0 Å². The largest absolute Gasteiger partial charge is 0.460 e. The maximum Gasteiger partial charge on any atom is 0.307 e. The highest BCUT2D eigenvalue weighted by molar-refractivity contribution is 8.22. The zero-order valence-corrected chi connectivity index (χ0v) is 23.1. The van der Waals surface area contributed by atoms with E-state index in [2.05, 4.69) is 16.4 Å². The summed E-state index contributed by atoms with van der Waals surface area (Å²) in [5.41, 5.74) is 1.11. The third kappa shape index (κ3) is 5.40. The molecule has 5 rings (SSSR count). The van der Waals surface area contributed by atoms with Crippen LogP contribution < -0.4 is 10.9 Å². The number of rotatable bonds is 6. The molecular formula is C27H34N6O5S. The van der Waals surface area contributed by atoms with Crippen LogP contribution in [0.2, 0.25) is 0 Å². The average molecular weight is 555 g/mol. The number of H-pyrrole nitrogens is 1. The van der Waals surface area contributed by atoms with E-state index in [4.69, 9.17) is 9.84 Å². The fraction of sp³-hybridized carbons (Fsp3) is 0.481. The number of carbonyl (C=O) groups excluding carboxylic acids is 1. The highest BCUT2D eigenvalue weighted by Gasteiger charge is 2.36. The Morgan fingerprint density at radius 2 is 2.05 bits per heavy atom. The van der Waals surface area contributed by atoms with Crippen molar-refractivity contribution in [2.45, 2.75) is 76.0 Å². The minimum Gasteiger partial charge on any atom is -0.460 e. The molecule has 0 amide bonds. The SMILES string of the molecule is CC(C)(C)OC(=O)CCN1Cc2cc(Nc3nn([C@H]4CCCC[C@@H]4C#N)c4cc[nH]c(=O)c34)ccc2S1(O)O. The van der Waals surface area contributed by atoms with Gasteiger partial charge in [0.15, 0.2) is 5.82 Å². The van der Waals surface area contributed by atoms with E-state index in [0.717, 1.165) is 25.7 Å². The van der Waals surface area contributed by atoms with E-state index < -0.39 is 22.3 Å². The van der Waals surface area contributed by atoms with Gasteiger partial charge in [0.25, 0.3) is 5.56 Å². The third-order valence-electron chi connectivity index (χ3n) is 7.15. The number of ether oxygens (including phenoxy) is 1. The summed E-state index contributed by atoms with van der Waals surface area (Å²) in [5, 5.41) is 18.1. The lowest BCUT2D eigenvalue weighted by molar-refractivity contribution is -0.154. The van der Waals surface area contributed by atoms with Crippen molar-refractivity contribution >= 4 is 39.2 Å². The third-order valence-corrected chi connectivity index (χ3v) is 9.17. The molecule has 1 aliphatic carbocycles. The second kappa shape index (κ2) is 10.3. The van der Waals surface area contributed by atoms with Gasteiger partial charge in [-0.05, 0) is 63.4 Å². The summed E-state index contributed by atoms with van der Waals surface area (Å²) in [6.07, 6.45) is 5.24. The number of esters is 1. The van der Waals surface area contributed by atoms with E-state index in [0.29, 0.717) is 32.9 Å². The molecule has 1 aromatic carbocycles. The zero-order valence-electron chi connectivity index (χ0n) is 22.3. The minimum absolute atomic E-state index is 0.0310. The molecule has 2 aliphatic rings. The summed E-state index contributed by atoms with van der Waals surface area (Å²) in [4.78, 5) is 28.1. The maximum absolute atomic E-state index is 12.8. The number of hydrogen-bond donors (Lipinski definition) is 4. The van der Waals surface area contributed by atoms with Crippen LogP contribution in [0.1, 0.15) is 64.5 Å². The van der Waals surface area contributed by atoms with E-state index in [1.165, 1.54) is 4.31 Å². The van der Waals surface area contributed by atoms with Crippen molar-refractivity contribution in [2.75, 3.05) is 11.9 Å². The molecule has 3 aromatic rings. The first kappa shape index (κ1) is 27.2. The van der Waals surface area contributed by atoms with Gasteiger partial charge in [0.05, 0.1) is 34.9 Å². The van der Waals surface area contributed by atoms with Crippen molar-refractivity contribution in [1.29, 1.82) is 5.26 Å². The molecule has 11 nitrogen and oxygen atoms in total. The molecule has 208 valence electrons. The van der Waals surface area contributed by atoms with Crippen molar-refractivity contribution in [3.8, 4) is 6.07 Å². The van der Waals surface area contributed by atoms with E-state index in [9.17, 15) is 24.0 Å². The van der Waals surface area contributed by atoms with Crippen LogP contribution in [-0.4, -0.2) is 46.3 Å².